The van der Waals surface area contributed by atoms with E-state index in [1.807, 2.05) is 6.08 Å². The second-order valence-electron chi connectivity index (χ2n) is 22.4. The van der Waals surface area contributed by atoms with Crippen LogP contribution in [-0.2, 0) is 14.3 Å². The van der Waals surface area contributed by atoms with Crippen LogP contribution < -0.4 is 5.32 Å². The third-order valence-electron chi connectivity index (χ3n) is 15.1. The number of unbranched alkanes of at least 4 members (excludes halogenated alkanes) is 44. The Labute approximate surface area is 461 Å². The molecule has 0 fully saturated rings. The van der Waals surface area contributed by atoms with Gasteiger partial charge in [0.15, 0.2) is 0 Å². The number of carbonyl (C=O) groups is 2. The fourth-order valence-electron chi connectivity index (χ4n) is 10.00. The van der Waals surface area contributed by atoms with E-state index in [-0.39, 0.29) is 18.5 Å². The summed E-state index contributed by atoms with van der Waals surface area (Å²) in [6.07, 6.45) is 81.6. The molecule has 0 spiro atoms. The number of hydrogen-bond donors (Lipinski definition) is 3. The Balaban J connectivity index is 3.42. The summed E-state index contributed by atoms with van der Waals surface area (Å²) in [5.74, 6) is -0.0691. The smallest absolute Gasteiger partial charge is 0.305 e. The van der Waals surface area contributed by atoms with Crippen molar-refractivity contribution in [2.75, 3.05) is 13.2 Å². The van der Waals surface area contributed by atoms with E-state index >= 15 is 0 Å². The van der Waals surface area contributed by atoms with E-state index in [9.17, 15) is 19.8 Å². The molecule has 0 radical (unpaired) electrons. The molecule has 0 aromatic heterocycles. The van der Waals surface area contributed by atoms with Crippen molar-refractivity contribution in [1.82, 2.24) is 5.32 Å². The summed E-state index contributed by atoms with van der Waals surface area (Å²) in [4.78, 5) is 24.5. The summed E-state index contributed by atoms with van der Waals surface area (Å²) in [5, 5.41) is 23.2. The molecule has 1 amide bonds. The lowest BCUT2D eigenvalue weighted by atomic mass is 10.0. The van der Waals surface area contributed by atoms with Gasteiger partial charge in [0.25, 0.3) is 0 Å². The van der Waals surface area contributed by atoms with Gasteiger partial charge in [0.1, 0.15) is 0 Å². The third-order valence-corrected chi connectivity index (χ3v) is 15.1. The van der Waals surface area contributed by atoms with Crippen molar-refractivity contribution >= 4 is 11.9 Å². The van der Waals surface area contributed by atoms with Crippen molar-refractivity contribution in [3.05, 3.63) is 48.6 Å². The predicted octanol–water partition coefficient (Wildman–Crippen LogP) is 20.9. The average Bonchev–Trinajstić information content (AvgIpc) is 3.40. The van der Waals surface area contributed by atoms with Crippen LogP contribution in [0, 0.1) is 0 Å². The monoisotopic (exact) mass is 1040 g/mol. The maximum absolute atomic E-state index is 12.5. The number of allylic oxidation sites excluding steroid dienone is 7. The largest absolute Gasteiger partial charge is 0.466 e. The van der Waals surface area contributed by atoms with Gasteiger partial charge in [0.05, 0.1) is 25.4 Å². The van der Waals surface area contributed by atoms with Gasteiger partial charge < -0.3 is 20.3 Å². The van der Waals surface area contributed by atoms with Crippen LogP contribution in [0.4, 0.5) is 0 Å². The van der Waals surface area contributed by atoms with Gasteiger partial charge in [-0.1, -0.05) is 300 Å². The molecule has 6 nitrogen and oxygen atoms in total. The Hall–Kier alpha value is -2.18. The Morgan fingerprint density at radius 1 is 0.378 bits per heavy atom. The van der Waals surface area contributed by atoms with Crippen molar-refractivity contribution in [3.63, 3.8) is 0 Å². The average molecular weight is 1040 g/mol. The first-order valence-electron chi connectivity index (χ1n) is 32.9. The zero-order chi connectivity index (χ0) is 53.6. The van der Waals surface area contributed by atoms with E-state index in [4.69, 9.17) is 4.74 Å². The summed E-state index contributed by atoms with van der Waals surface area (Å²) in [5.41, 5.74) is 0. The zero-order valence-corrected chi connectivity index (χ0v) is 49.6. The third kappa shape index (κ3) is 59.1. The number of nitrogens with one attached hydrogen (secondary N) is 1. The lowest BCUT2D eigenvalue weighted by Gasteiger charge is -2.20. The summed E-state index contributed by atoms with van der Waals surface area (Å²) < 4.78 is 5.48. The van der Waals surface area contributed by atoms with Gasteiger partial charge in [-0.05, 0) is 83.5 Å². The first-order valence-corrected chi connectivity index (χ1v) is 32.9. The summed E-state index contributed by atoms with van der Waals surface area (Å²) in [6.45, 7) is 4.87. The molecular formula is C68H127NO5. The van der Waals surface area contributed by atoms with Gasteiger partial charge in [0.2, 0.25) is 5.91 Å². The number of aliphatic hydroxyl groups is 2. The lowest BCUT2D eigenvalue weighted by molar-refractivity contribution is -0.143. The molecule has 0 bridgehead atoms. The maximum atomic E-state index is 12.5. The van der Waals surface area contributed by atoms with Crippen molar-refractivity contribution < 1.29 is 24.5 Å². The predicted molar refractivity (Wildman–Crippen MR) is 324 cm³/mol. The van der Waals surface area contributed by atoms with Crippen molar-refractivity contribution in [1.29, 1.82) is 0 Å². The Kier molecular flexibility index (Phi) is 61.5. The fraction of sp³-hybridized carbons (Fsp3) is 0.853. The highest BCUT2D eigenvalue weighted by Gasteiger charge is 2.18. The Morgan fingerprint density at radius 2 is 0.689 bits per heavy atom. The maximum Gasteiger partial charge on any atom is 0.305 e. The van der Waals surface area contributed by atoms with Gasteiger partial charge >= 0.3 is 5.97 Å². The summed E-state index contributed by atoms with van der Waals surface area (Å²) in [6, 6.07) is -0.630. The second-order valence-corrected chi connectivity index (χ2v) is 22.4. The molecule has 0 aromatic carbocycles. The quantitative estimate of drug-likeness (QED) is 0.0320. The molecule has 0 aromatic rings. The molecule has 0 aliphatic carbocycles. The molecule has 2 unspecified atom stereocenters. The highest BCUT2D eigenvalue weighted by Crippen LogP contribution is 2.17. The standard InChI is InChI=1S/C68H127NO5/c1-3-5-7-9-11-13-15-17-19-30-33-36-40-44-48-52-56-60-66(71)65(64-70)69-67(72)61-57-53-49-45-41-37-34-31-28-26-24-22-20-21-23-25-27-29-32-35-39-43-47-51-55-59-63-74-68(73)62-58-54-50-46-42-38-18-16-14-12-10-8-6-4-2/h10,12,16,18,20,22,56,60,65-66,70-71H,3-9,11,13-15,17,19,21,23-55,57-59,61-64H2,1-2H3,(H,69,72)/b12-10-,18-16-,22-20-,60-56+. The number of carbonyl (C=O) groups excluding carboxylic acids is 2. The number of ether oxygens (including phenoxy) is 1. The van der Waals surface area contributed by atoms with E-state index in [0.29, 0.717) is 19.4 Å². The van der Waals surface area contributed by atoms with Crippen LogP contribution in [0.5, 0.6) is 0 Å². The van der Waals surface area contributed by atoms with Crippen LogP contribution in [-0.4, -0.2) is 47.4 Å². The number of rotatable bonds is 61. The van der Waals surface area contributed by atoms with E-state index in [1.165, 1.54) is 270 Å². The second kappa shape index (κ2) is 63.4. The first-order chi connectivity index (χ1) is 36.5. The first kappa shape index (κ1) is 71.8. The minimum atomic E-state index is -0.847. The molecule has 0 saturated carbocycles. The van der Waals surface area contributed by atoms with Crippen LogP contribution in [0.1, 0.15) is 348 Å². The summed E-state index contributed by atoms with van der Waals surface area (Å²) >= 11 is 0. The Morgan fingerprint density at radius 3 is 1.08 bits per heavy atom. The van der Waals surface area contributed by atoms with Crippen molar-refractivity contribution in [3.8, 4) is 0 Å². The minimum absolute atomic E-state index is 0.000896. The van der Waals surface area contributed by atoms with Gasteiger partial charge in [0, 0.05) is 12.8 Å². The molecule has 6 heteroatoms. The van der Waals surface area contributed by atoms with Gasteiger partial charge in [-0.2, -0.15) is 0 Å². The van der Waals surface area contributed by atoms with Gasteiger partial charge in [-0.3, -0.25) is 9.59 Å². The topological polar surface area (TPSA) is 95.9 Å². The molecule has 0 heterocycles. The molecule has 434 valence electrons. The highest BCUT2D eigenvalue weighted by atomic mass is 16.5. The highest BCUT2D eigenvalue weighted by molar-refractivity contribution is 5.76. The molecular weight excluding hydrogens is 911 g/mol. The van der Waals surface area contributed by atoms with Crippen molar-refractivity contribution in [2.24, 2.45) is 0 Å². The van der Waals surface area contributed by atoms with Crippen LogP contribution in [0.25, 0.3) is 0 Å². The van der Waals surface area contributed by atoms with Crippen molar-refractivity contribution in [2.45, 2.75) is 360 Å². The number of aliphatic hydroxyl groups excluding tert-OH is 2. The minimum Gasteiger partial charge on any atom is -0.466 e. The van der Waals surface area contributed by atoms with E-state index in [2.05, 4.69) is 55.6 Å². The lowest BCUT2D eigenvalue weighted by Crippen LogP contribution is -2.45. The van der Waals surface area contributed by atoms with Crippen LogP contribution >= 0.6 is 0 Å². The normalized spacial score (nSPS) is 12.9. The molecule has 0 rings (SSSR count). The van der Waals surface area contributed by atoms with Crippen LogP contribution in [0.15, 0.2) is 48.6 Å². The molecule has 0 aliphatic rings. The summed E-state index contributed by atoms with van der Waals surface area (Å²) in [7, 11) is 0. The molecule has 0 saturated heterocycles. The van der Waals surface area contributed by atoms with E-state index in [1.54, 1.807) is 6.08 Å². The van der Waals surface area contributed by atoms with E-state index in [0.717, 1.165) is 51.4 Å². The molecule has 74 heavy (non-hydrogen) atoms. The zero-order valence-electron chi connectivity index (χ0n) is 49.6. The van der Waals surface area contributed by atoms with Gasteiger partial charge in [-0.15, -0.1) is 0 Å². The van der Waals surface area contributed by atoms with E-state index < -0.39 is 12.1 Å². The van der Waals surface area contributed by atoms with Crippen LogP contribution in [0.2, 0.25) is 0 Å². The molecule has 3 N–H and O–H groups in total. The number of hydrogen-bond acceptors (Lipinski definition) is 5. The Bertz CT molecular complexity index is 1240. The number of esters is 1. The number of amides is 1. The van der Waals surface area contributed by atoms with Crippen LogP contribution in [0.3, 0.4) is 0 Å². The molecule has 2 atom stereocenters. The fourth-order valence-corrected chi connectivity index (χ4v) is 10.00. The van der Waals surface area contributed by atoms with Gasteiger partial charge in [-0.25, -0.2) is 0 Å². The SMILES string of the molecule is CCCC/C=C\C/C=C\CCCCCCCC(=O)OCCCCCCCCCCCCCC/C=C\CCCCCCCCCCCCC(=O)NC(CO)C(O)/C=C/CCCCCCCCCCCCCCCCC. The molecule has 0 aliphatic heterocycles.